The Hall–Kier alpha value is -1.69. The van der Waals surface area contributed by atoms with Gasteiger partial charge in [0.1, 0.15) is 6.10 Å². The van der Waals surface area contributed by atoms with Crippen molar-refractivity contribution in [2.45, 2.75) is 132 Å². The van der Waals surface area contributed by atoms with Crippen molar-refractivity contribution in [1.29, 1.82) is 0 Å². The minimum Gasteiger partial charge on any atom is -0.469 e. The second kappa shape index (κ2) is 10.7. The van der Waals surface area contributed by atoms with Gasteiger partial charge in [-0.25, -0.2) is 0 Å². The number of hydrogen-bond donors (Lipinski definition) is 0. The number of allylic oxidation sites excluding steroid dienone is 2. The molecule has 6 nitrogen and oxygen atoms in total. The van der Waals surface area contributed by atoms with E-state index < -0.39 is 5.41 Å². The van der Waals surface area contributed by atoms with Crippen LogP contribution in [0.5, 0.6) is 0 Å². The number of ether oxygens (including phenoxy) is 2. The summed E-state index contributed by atoms with van der Waals surface area (Å²) in [6.45, 7) is 16.0. The molecule has 0 amide bonds. The number of methoxy groups -OCH3 is 1. The summed E-state index contributed by atoms with van der Waals surface area (Å²) < 4.78 is 10.8. The fourth-order valence-electron chi connectivity index (χ4n) is 11.2. The van der Waals surface area contributed by atoms with E-state index in [9.17, 15) is 19.2 Å². The summed E-state index contributed by atoms with van der Waals surface area (Å²) in [5.74, 6) is -0.00114. The van der Waals surface area contributed by atoms with E-state index in [2.05, 4.69) is 41.5 Å². The van der Waals surface area contributed by atoms with Crippen molar-refractivity contribution < 1.29 is 28.7 Å². The van der Waals surface area contributed by atoms with Gasteiger partial charge in [-0.05, 0) is 115 Å². The summed E-state index contributed by atoms with van der Waals surface area (Å²) in [6.07, 6.45) is 10.8. The molecule has 43 heavy (non-hydrogen) atoms. The number of rotatable bonds is 6. The highest BCUT2D eigenvalue weighted by molar-refractivity contribution is 6.64. The Bertz CT molecular complexity index is 1240. The molecule has 4 saturated carbocycles. The summed E-state index contributed by atoms with van der Waals surface area (Å²) in [4.78, 5) is 51.4. The first kappa shape index (κ1) is 32.7. The van der Waals surface area contributed by atoms with Crippen LogP contribution in [-0.2, 0) is 28.7 Å². The average Bonchev–Trinajstić information content (AvgIpc) is 2.92. The summed E-state index contributed by atoms with van der Waals surface area (Å²) in [5.41, 5.74) is 0.0216. The molecule has 3 unspecified atom stereocenters. The summed E-state index contributed by atoms with van der Waals surface area (Å²) in [6, 6.07) is 0. The van der Waals surface area contributed by atoms with Crippen LogP contribution in [0.1, 0.15) is 126 Å². The SMILES string of the molecule is COC(=O)CCCC(=O)OC1CC[C@@]2(C)C(CC[C@]3(C)[C@@H]2C(=O)C=C2[C@@H]4CC(C)(C(=O)Cl)CC[C@]4(C)CC[C@]23C)C1(C)C. The highest BCUT2D eigenvalue weighted by Gasteiger charge is 2.70. The van der Waals surface area contributed by atoms with Crippen LogP contribution in [0.25, 0.3) is 0 Å². The largest absolute Gasteiger partial charge is 0.469 e. The lowest BCUT2D eigenvalue weighted by molar-refractivity contribution is -0.211. The van der Waals surface area contributed by atoms with Crippen molar-refractivity contribution in [3.8, 4) is 0 Å². The van der Waals surface area contributed by atoms with Crippen molar-refractivity contribution >= 4 is 34.6 Å². The molecule has 0 aromatic carbocycles. The van der Waals surface area contributed by atoms with Gasteiger partial charge < -0.3 is 9.47 Å². The monoisotopic (exact) mass is 616 g/mol. The molecule has 5 rings (SSSR count). The molecule has 0 aliphatic heterocycles. The van der Waals surface area contributed by atoms with E-state index in [1.165, 1.54) is 12.7 Å². The van der Waals surface area contributed by atoms with Gasteiger partial charge in [0.15, 0.2) is 5.78 Å². The van der Waals surface area contributed by atoms with Crippen LogP contribution in [0.15, 0.2) is 11.6 Å². The van der Waals surface area contributed by atoms with Crippen LogP contribution in [0.2, 0.25) is 0 Å². The van der Waals surface area contributed by atoms with Crippen molar-refractivity contribution in [3.05, 3.63) is 11.6 Å². The van der Waals surface area contributed by atoms with Crippen molar-refractivity contribution in [2.24, 2.45) is 50.2 Å². The number of carbonyl (C=O) groups excluding carboxylic acids is 4. The molecule has 0 N–H and O–H groups in total. The van der Waals surface area contributed by atoms with Crippen molar-refractivity contribution in [3.63, 3.8) is 0 Å². The van der Waals surface area contributed by atoms with Gasteiger partial charge in [-0.3, -0.25) is 19.2 Å². The molecule has 9 atom stereocenters. The van der Waals surface area contributed by atoms with Gasteiger partial charge >= 0.3 is 11.9 Å². The highest BCUT2D eigenvalue weighted by atomic mass is 35.5. The average molecular weight is 617 g/mol. The Kier molecular flexibility index (Phi) is 8.13. The van der Waals surface area contributed by atoms with Crippen LogP contribution < -0.4 is 0 Å². The smallest absolute Gasteiger partial charge is 0.306 e. The number of halogens is 1. The summed E-state index contributed by atoms with van der Waals surface area (Å²) in [7, 11) is 1.35. The Morgan fingerprint density at radius 1 is 0.884 bits per heavy atom. The predicted octanol–water partition coefficient (Wildman–Crippen LogP) is 7.99. The lowest BCUT2D eigenvalue weighted by Crippen LogP contribution is -2.66. The van der Waals surface area contributed by atoms with E-state index in [-0.39, 0.29) is 86.7 Å². The van der Waals surface area contributed by atoms with Gasteiger partial charge in [0.25, 0.3) is 0 Å². The highest BCUT2D eigenvalue weighted by Crippen LogP contribution is 2.75. The van der Waals surface area contributed by atoms with Gasteiger partial charge in [-0.1, -0.05) is 54.0 Å². The second-order valence-electron chi connectivity index (χ2n) is 16.8. The first-order chi connectivity index (χ1) is 19.9. The molecule has 0 bridgehead atoms. The first-order valence-corrected chi connectivity index (χ1v) is 17.0. The fraction of sp³-hybridized carbons (Fsp3) is 0.833. The Balaban J connectivity index is 1.43. The third-order valence-corrected chi connectivity index (χ3v) is 14.7. The van der Waals surface area contributed by atoms with E-state index in [0.29, 0.717) is 6.42 Å². The number of fused-ring (bicyclic) bond motifs is 7. The maximum atomic E-state index is 14.5. The Labute approximate surface area is 263 Å². The zero-order valence-electron chi connectivity index (χ0n) is 27.7. The van der Waals surface area contributed by atoms with Gasteiger partial charge in [-0.15, -0.1) is 0 Å². The lowest BCUT2D eigenvalue weighted by atomic mass is 9.33. The fourth-order valence-corrected chi connectivity index (χ4v) is 11.4. The molecule has 5 aliphatic carbocycles. The molecule has 7 heteroatoms. The molecular formula is C36H53ClO6. The summed E-state index contributed by atoms with van der Waals surface area (Å²) in [5, 5.41) is -0.246. The van der Waals surface area contributed by atoms with Gasteiger partial charge in [0, 0.05) is 29.6 Å². The van der Waals surface area contributed by atoms with E-state index in [1.54, 1.807) is 0 Å². The number of hydrogen-bond acceptors (Lipinski definition) is 6. The van der Waals surface area contributed by atoms with Gasteiger partial charge in [-0.2, -0.15) is 0 Å². The van der Waals surface area contributed by atoms with Crippen LogP contribution in [0.4, 0.5) is 0 Å². The van der Waals surface area contributed by atoms with Crippen LogP contribution in [0, 0.1) is 50.2 Å². The second-order valence-corrected chi connectivity index (χ2v) is 17.1. The number of carbonyl (C=O) groups is 4. The van der Waals surface area contributed by atoms with Crippen LogP contribution in [0.3, 0.4) is 0 Å². The van der Waals surface area contributed by atoms with Gasteiger partial charge in [0.05, 0.1) is 7.11 Å². The molecule has 0 heterocycles. The number of esters is 2. The lowest BCUT2D eigenvalue weighted by Gasteiger charge is -2.70. The van der Waals surface area contributed by atoms with Gasteiger partial charge in [0.2, 0.25) is 5.24 Å². The third-order valence-electron chi connectivity index (χ3n) is 14.3. The normalized spacial score (nSPS) is 45.0. The zero-order chi connectivity index (χ0) is 31.8. The molecule has 0 aromatic heterocycles. The molecule has 240 valence electrons. The minimum absolute atomic E-state index is 0.0859. The van der Waals surface area contributed by atoms with Crippen molar-refractivity contribution in [1.82, 2.24) is 0 Å². The third kappa shape index (κ3) is 4.86. The van der Waals surface area contributed by atoms with E-state index in [1.807, 2.05) is 13.0 Å². The van der Waals surface area contributed by atoms with E-state index in [0.717, 1.165) is 57.8 Å². The zero-order valence-corrected chi connectivity index (χ0v) is 28.5. The first-order valence-electron chi connectivity index (χ1n) is 16.6. The molecule has 4 fully saturated rings. The minimum atomic E-state index is -0.547. The summed E-state index contributed by atoms with van der Waals surface area (Å²) >= 11 is 6.18. The molecule has 0 spiro atoms. The number of ketones is 1. The maximum Gasteiger partial charge on any atom is 0.306 e. The molecule has 5 aliphatic rings. The maximum absolute atomic E-state index is 14.5. The molecule has 0 aromatic rings. The van der Waals surface area contributed by atoms with Crippen LogP contribution >= 0.6 is 11.6 Å². The molecule has 0 saturated heterocycles. The van der Waals surface area contributed by atoms with E-state index >= 15 is 0 Å². The van der Waals surface area contributed by atoms with Crippen molar-refractivity contribution in [2.75, 3.05) is 7.11 Å². The molecule has 0 radical (unpaired) electrons. The predicted molar refractivity (Wildman–Crippen MR) is 166 cm³/mol. The molecular weight excluding hydrogens is 564 g/mol. The topological polar surface area (TPSA) is 86.7 Å². The quantitative estimate of drug-likeness (QED) is 0.222. The van der Waals surface area contributed by atoms with Crippen LogP contribution in [-0.4, -0.2) is 36.2 Å². The van der Waals surface area contributed by atoms with E-state index in [4.69, 9.17) is 21.1 Å². The Morgan fingerprint density at radius 2 is 1.53 bits per heavy atom. The standard InChI is InChI=1S/C36H53ClO6/c1-31(2)25-12-15-36(7)29(34(25,5)14-13-26(31)43-28(40)11-9-10-27(39)42-8)24(38)20-22-23-21-33(4,30(37)41)17-16-32(23,3)18-19-35(22,36)6/h20,23,25-26,29H,9-19,21H2,1-8H3/t23-,25?,26?,29+,32+,33?,34-,35+,36+/m0/s1. The Morgan fingerprint density at radius 3 is 2.19 bits per heavy atom.